The maximum Gasteiger partial charge on any atom is 0.327 e. The predicted octanol–water partition coefficient (Wildman–Crippen LogP) is 3.21. The summed E-state index contributed by atoms with van der Waals surface area (Å²) in [6.45, 7) is 11.6. The van der Waals surface area contributed by atoms with Gasteiger partial charge in [-0.25, -0.2) is 4.79 Å². The molecule has 44 heavy (non-hydrogen) atoms. The molecule has 0 radical (unpaired) electrons. The summed E-state index contributed by atoms with van der Waals surface area (Å²) in [6, 6.07) is 8.11. The lowest BCUT2D eigenvalue weighted by Gasteiger charge is -2.35. The number of ether oxygens (including phenoxy) is 1. The lowest BCUT2D eigenvalue weighted by Crippen LogP contribution is -2.48. The Labute approximate surface area is 260 Å². The summed E-state index contributed by atoms with van der Waals surface area (Å²) in [7, 11) is 2.13. The van der Waals surface area contributed by atoms with Gasteiger partial charge >= 0.3 is 17.7 Å². The molecule has 1 aliphatic heterocycles. The third-order valence-corrected chi connectivity index (χ3v) is 8.28. The second-order valence-electron chi connectivity index (χ2n) is 12.0. The molecule has 0 spiro atoms. The Morgan fingerprint density at radius 1 is 1.00 bits per heavy atom. The lowest BCUT2D eigenvalue weighted by atomic mass is 10.1. The first-order chi connectivity index (χ1) is 21.3. The van der Waals surface area contributed by atoms with Crippen molar-refractivity contribution >= 4 is 23.0 Å². The van der Waals surface area contributed by atoms with Gasteiger partial charge in [-0.15, -0.1) is 0 Å². The number of hydrogen-bond acceptors (Lipinski definition) is 9. The number of carboxylic acid groups (broad SMARTS) is 1. The van der Waals surface area contributed by atoms with E-state index in [9.17, 15) is 9.59 Å². The van der Waals surface area contributed by atoms with Crippen LogP contribution in [-0.4, -0.2) is 105 Å². The second-order valence-corrected chi connectivity index (χ2v) is 12.0. The van der Waals surface area contributed by atoms with Gasteiger partial charge in [0.05, 0.1) is 13.0 Å². The van der Waals surface area contributed by atoms with Crippen molar-refractivity contribution in [2.24, 2.45) is 0 Å². The summed E-state index contributed by atoms with van der Waals surface area (Å²) in [5, 5.41) is 9.04. The van der Waals surface area contributed by atoms with Gasteiger partial charge in [0.25, 0.3) is 0 Å². The minimum atomic E-state index is -0.795. The van der Waals surface area contributed by atoms with Crippen molar-refractivity contribution < 1.29 is 14.6 Å². The Bertz CT molecular complexity index is 1380. The molecule has 0 atom stereocenters. The van der Waals surface area contributed by atoms with Crippen LogP contribution in [0.25, 0.3) is 11.2 Å². The quantitative estimate of drug-likeness (QED) is 0.173. The van der Waals surface area contributed by atoms with E-state index in [1.807, 2.05) is 18.2 Å². The highest BCUT2D eigenvalue weighted by molar-refractivity contribution is 5.81. The number of imidazole rings is 1. The number of nitrogens with two attached hydrogens (primary N) is 1. The maximum atomic E-state index is 12.5. The number of piperazine rings is 1. The molecule has 12 nitrogen and oxygen atoms in total. The van der Waals surface area contributed by atoms with Crippen LogP contribution in [0.15, 0.2) is 29.1 Å². The largest absolute Gasteiger partial charge is 0.481 e. The molecule has 0 unspecified atom stereocenters. The number of nitrogens with one attached hydrogen (secondary N) is 1. The van der Waals surface area contributed by atoms with Crippen molar-refractivity contribution in [3.05, 3.63) is 45.9 Å². The standard InChI is InChI=1S/C32H50N8O4/c1-3-4-21-44-31-35-29(33)28-30(36-31)40(32(43)34-28)14-9-7-5-6-8-13-38-17-19-39(20-18-38)16-15-37(2)24-26-12-10-11-25(22-26)23-27(41)42/h10-12,22H,3-9,13-21,23-24H2,1-2H3,(H,34,43)(H,41,42)(H2,33,35,36). The molecule has 3 aromatic rings. The third-order valence-electron chi connectivity index (χ3n) is 8.28. The number of benzene rings is 1. The average Bonchev–Trinajstić information content (AvgIpc) is 3.31. The summed E-state index contributed by atoms with van der Waals surface area (Å²) < 4.78 is 7.27. The molecule has 12 heteroatoms. The Morgan fingerprint density at radius 3 is 2.41 bits per heavy atom. The van der Waals surface area contributed by atoms with Crippen molar-refractivity contribution in [1.29, 1.82) is 0 Å². The number of unbranched alkanes of at least 4 members (excludes halogenated alkanes) is 5. The van der Waals surface area contributed by atoms with E-state index >= 15 is 0 Å². The van der Waals surface area contributed by atoms with E-state index in [-0.39, 0.29) is 23.9 Å². The fourth-order valence-electron chi connectivity index (χ4n) is 5.70. The van der Waals surface area contributed by atoms with Gasteiger partial charge in [-0.1, -0.05) is 56.9 Å². The first-order valence-corrected chi connectivity index (χ1v) is 16.1. The van der Waals surface area contributed by atoms with Gasteiger partial charge in [0.1, 0.15) is 5.52 Å². The zero-order valence-corrected chi connectivity index (χ0v) is 26.5. The van der Waals surface area contributed by atoms with E-state index in [0.29, 0.717) is 24.3 Å². The topological polar surface area (TPSA) is 146 Å². The summed E-state index contributed by atoms with van der Waals surface area (Å²) in [4.78, 5) is 42.4. The molecular weight excluding hydrogens is 560 g/mol. The Hall–Kier alpha value is -3.48. The van der Waals surface area contributed by atoms with Crippen LogP contribution in [0.1, 0.15) is 63.0 Å². The molecule has 0 saturated carbocycles. The van der Waals surface area contributed by atoms with Crippen LogP contribution >= 0.6 is 0 Å². The highest BCUT2D eigenvalue weighted by atomic mass is 16.5. The third kappa shape index (κ3) is 10.3. The summed E-state index contributed by atoms with van der Waals surface area (Å²) in [6.07, 6.45) is 7.48. The first-order valence-electron chi connectivity index (χ1n) is 16.1. The number of aromatic amines is 1. The molecule has 242 valence electrons. The van der Waals surface area contributed by atoms with Crippen LogP contribution in [0.4, 0.5) is 5.82 Å². The number of likely N-dealkylation sites (N-methyl/N-ethyl adjacent to an activating group) is 1. The van der Waals surface area contributed by atoms with E-state index in [0.717, 1.165) is 95.6 Å². The average molecular weight is 611 g/mol. The Balaban J connectivity index is 1.07. The monoisotopic (exact) mass is 610 g/mol. The van der Waals surface area contributed by atoms with Gasteiger partial charge in [0.2, 0.25) is 0 Å². The number of aliphatic carboxylic acids is 1. The second kappa shape index (κ2) is 17.1. The summed E-state index contributed by atoms with van der Waals surface area (Å²) in [5.74, 6) is -0.556. The summed E-state index contributed by atoms with van der Waals surface area (Å²) >= 11 is 0. The highest BCUT2D eigenvalue weighted by Crippen LogP contribution is 2.19. The minimum Gasteiger partial charge on any atom is -0.481 e. The lowest BCUT2D eigenvalue weighted by molar-refractivity contribution is -0.136. The zero-order valence-electron chi connectivity index (χ0n) is 26.5. The van der Waals surface area contributed by atoms with Crippen molar-refractivity contribution in [3.8, 4) is 6.01 Å². The number of carbonyl (C=O) groups is 1. The van der Waals surface area contributed by atoms with Crippen LogP contribution in [-0.2, 0) is 24.3 Å². The normalized spacial score (nSPS) is 14.5. The molecule has 4 N–H and O–H groups in total. The van der Waals surface area contributed by atoms with Gasteiger partial charge in [-0.05, 0) is 44.0 Å². The minimum absolute atomic E-state index is 0.0685. The molecule has 1 fully saturated rings. The summed E-state index contributed by atoms with van der Waals surface area (Å²) in [5.41, 5.74) is 8.85. The first kappa shape index (κ1) is 33.4. The Kier molecular flexibility index (Phi) is 13.0. The van der Waals surface area contributed by atoms with E-state index in [2.05, 4.69) is 49.7 Å². The van der Waals surface area contributed by atoms with Crippen LogP contribution in [0.3, 0.4) is 0 Å². The number of aromatic nitrogens is 4. The van der Waals surface area contributed by atoms with Crippen molar-refractivity contribution in [2.75, 3.05) is 65.2 Å². The molecule has 1 aromatic carbocycles. The zero-order chi connectivity index (χ0) is 31.3. The number of H-pyrrole nitrogens is 1. The van der Waals surface area contributed by atoms with Gasteiger partial charge in [-0.2, -0.15) is 9.97 Å². The Morgan fingerprint density at radius 2 is 1.68 bits per heavy atom. The molecule has 2 aromatic heterocycles. The van der Waals surface area contributed by atoms with Gasteiger partial charge in [0.15, 0.2) is 11.5 Å². The van der Waals surface area contributed by atoms with E-state index in [1.165, 1.54) is 12.8 Å². The SMILES string of the molecule is CCCCOc1nc(N)c2[nH]c(=O)n(CCCCCCCN3CCN(CCN(C)Cc4cccc(CC(=O)O)c4)CC3)c2n1. The number of rotatable bonds is 19. The number of nitrogens with zero attached hydrogens (tertiary/aromatic N) is 6. The molecule has 1 aliphatic rings. The molecule has 1 saturated heterocycles. The fraction of sp³-hybridized carbons (Fsp3) is 0.625. The number of hydrogen-bond donors (Lipinski definition) is 3. The number of fused-ring (bicyclic) bond motifs is 1. The number of nitrogen functional groups attached to an aromatic ring is 1. The maximum absolute atomic E-state index is 12.5. The van der Waals surface area contributed by atoms with E-state index in [4.69, 9.17) is 15.6 Å². The van der Waals surface area contributed by atoms with Crippen molar-refractivity contribution in [1.82, 2.24) is 34.2 Å². The van der Waals surface area contributed by atoms with Crippen LogP contribution in [0, 0.1) is 0 Å². The fourth-order valence-corrected chi connectivity index (χ4v) is 5.70. The van der Waals surface area contributed by atoms with Gasteiger partial charge in [0, 0.05) is 52.4 Å². The predicted molar refractivity (Wildman–Crippen MR) is 173 cm³/mol. The molecular formula is C32H50N8O4. The number of aryl methyl sites for hydroxylation is 1. The van der Waals surface area contributed by atoms with Crippen LogP contribution < -0.4 is 16.2 Å². The van der Waals surface area contributed by atoms with Crippen molar-refractivity contribution in [2.45, 2.75) is 71.4 Å². The highest BCUT2D eigenvalue weighted by Gasteiger charge is 2.17. The molecule has 4 rings (SSSR count). The van der Waals surface area contributed by atoms with Crippen LogP contribution in [0.5, 0.6) is 6.01 Å². The van der Waals surface area contributed by atoms with Crippen LogP contribution in [0.2, 0.25) is 0 Å². The van der Waals surface area contributed by atoms with Gasteiger partial charge < -0.3 is 30.4 Å². The molecule has 0 aliphatic carbocycles. The van der Waals surface area contributed by atoms with Gasteiger partial charge in [-0.3, -0.25) is 14.3 Å². The smallest absolute Gasteiger partial charge is 0.327 e. The number of anilines is 1. The number of carboxylic acids is 1. The molecule has 3 heterocycles. The molecule has 0 amide bonds. The molecule has 0 bridgehead atoms. The van der Waals surface area contributed by atoms with E-state index < -0.39 is 5.97 Å². The van der Waals surface area contributed by atoms with Crippen molar-refractivity contribution in [3.63, 3.8) is 0 Å². The van der Waals surface area contributed by atoms with E-state index in [1.54, 1.807) is 4.57 Å².